The Labute approximate surface area is 222 Å². The number of carbonyl (C=O) groups excluding carboxylic acids is 1. The molecule has 9 heteroatoms. The maximum Gasteiger partial charge on any atom is 0.269 e. The predicted octanol–water partition coefficient (Wildman–Crippen LogP) is 4.67. The number of non-ortho nitro benzene ring substituents is 1. The van der Waals surface area contributed by atoms with E-state index in [1.807, 2.05) is 43.3 Å². The van der Waals surface area contributed by atoms with Gasteiger partial charge in [-0.2, -0.15) is 0 Å². The Hall–Kier alpha value is -3.98. The Balaban J connectivity index is 1.36. The van der Waals surface area contributed by atoms with Crippen molar-refractivity contribution in [2.24, 2.45) is 0 Å². The fourth-order valence-corrected chi connectivity index (χ4v) is 4.92. The van der Waals surface area contributed by atoms with Gasteiger partial charge in [-0.05, 0) is 74.7 Å². The number of methoxy groups -OCH3 is 2. The normalized spacial score (nSPS) is 14.2. The number of carbonyl (C=O) groups is 1. The van der Waals surface area contributed by atoms with Gasteiger partial charge in [0.25, 0.3) is 11.6 Å². The summed E-state index contributed by atoms with van der Waals surface area (Å²) in [7, 11) is 3.21. The Kier molecular flexibility index (Phi) is 8.91. The van der Waals surface area contributed by atoms with Crippen molar-refractivity contribution in [3.05, 3.63) is 92.8 Å². The fraction of sp³-hybridized carbons (Fsp3) is 0.379. The van der Waals surface area contributed by atoms with E-state index in [2.05, 4.69) is 10.2 Å². The summed E-state index contributed by atoms with van der Waals surface area (Å²) in [6.45, 7) is 4.77. The molecule has 1 aliphatic heterocycles. The first-order valence-corrected chi connectivity index (χ1v) is 12.8. The van der Waals surface area contributed by atoms with E-state index in [0.29, 0.717) is 36.6 Å². The van der Waals surface area contributed by atoms with E-state index in [-0.39, 0.29) is 22.4 Å². The molecule has 0 radical (unpaired) electrons. The number of benzene rings is 2. The Morgan fingerprint density at radius 1 is 1.05 bits per heavy atom. The smallest absolute Gasteiger partial charge is 0.269 e. The summed E-state index contributed by atoms with van der Waals surface area (Å²) >= 11 is 0. The van der Waals surface area contributed by atoms with Crippen LogP contribution in [-0.4, -0.2) is 54.6 Å². The van der Waals surface area contributed by atoms with Gasteiger partial charge in [0, 0.05) is 36.8 Å². The van der Waals surface area contributed by atoms with Crippen molar-refractivity contribution in [1.29, 1.82) is 0 Å². The molecule has 4 rings (SSSR count). The van der Waals surface area contributed by atoms with E-state index < -0.39 is 0 Å². The molecular weight excluding hydrogens is 484 g/mol. The number of amides is 1. The van der Waals surface area contributed by atoms with Gasteiger partial charge in [0.2, 0.25) is 0 Å². The zero-order chi connectivity index (χ0) is 27.1. The standard InChI is InChI=1S/C29H34N4O5/c1-20-7-9-25(29(34)30-14-11-21-8-10-26(37-2)27(18-21)38-3)28(31-20)23-12-15-32(16-13-23)19-22-5-4-6-24(17-22)33(35)36/h4-10,17-18,23H,11-16,19H2,1-3H3,(H,30,34). The summed E-state index contributed by atoms with van der Waals surface area (Å²) in [5.41, 5.74) is 4.45. The lowest BCUT2D eigenvalue weighted by Gasteiger charge is -2.32. The highest BCUT2D eigenvalue weighted by molar-refractivity contribution is 5.95. The number of rotatable bonds is 10. The molecule has 0 aliphatic carbocycles. The maximum absolute atomic E-state index is 13.2. The van der Waals surface area contributed by atoms with Crippen LogP contribution in [0.2, 0.25) is 0 Å². The van der Waals surface area contributed by atoms with Crippen LogP contribution in [0.5, 0.6) is 11.5 Å². The quantitative estimate of drug-likeness (QED) is 0.307. The lowest BCUT2D eigenvalue weighted by Crippen LogP contribution is -2.34. The minimum absolute atomic E-state index is 0.114. The number of piperidine rings is 1. The van der Waals surface area contributed by atoms with Gasteiger partial charge in [-0.15, -0.1) is 0 Å². The topological polar surface area (TPSA) is 107 Å². The number of ether oxygens (including phenoxy) is 2. The van der Waals surface area contributed by atoms with Gasteiger partial charge in [-0.1, -0.05) is 18.2 Å². The van der Waals surface area contributed by atoms with Crippen LogP contribution < -0.4 is 14.8 Å². The van der Waals surface area contributed by atoms with E-state index in [9.17, 15) is 14.9 Å². The van der Waals surface area contributed by atoms with Crippen LogP contribution in [0.3, 0.4) is 0 Å². The Morgan fingerprint density at radius 2 is 1.82 bits per heavy atom. The number of hydrogen-bond donors (Lipinski definition) is 1. The summed E-state index contributed by atoms with van der Waals surface area (Å²) in [6, 6.07) is 16.3. The number of aryl methyl sites for hydroxylation is 1. The number of pyridine rings is 1. The van der Waals surface area contributed by atoms with Crippen LogP contribution in [0.25, 0.3) is 0 Å². The highest BCUT2D eigenvalue weighted by atomic mass is 16.6. The van der Waals surface area contributed by atoms with Gasteiger partial charge in [0.15, 0.2) is 11.5 Å². The monoisotopic (exact) mass is 518 g/mol. The number of nitrogens with zero attached hydrogens (tertiary/aromatic N) is 3. The molecule has 1 N–H and O–H groups in total. The average molecular weight is 519 g/mol. The number of aromatic nitrogens is 1. The SMILES string of the molecule is COc1ccc(CCNC(=O)c2ccc(C)nc2C2CCN(Cc3cccc([N+](=O)[O-])c3)CC2)cc1OC. The van der Waals surface area contributed by atoms with Gasteiger partial charge in [0.1, 0.15) is 0 Å². The first-order valence-electron chi connectivity index (χ1n) is 12.8. The molecule has 0 bridgehead atoms. The van der Waals surface area contributed by atoms with E-state index in [4.69, 9.17) is 14.5 Å². The molecule has 1 saturated heterocycles. The molecule has 38 heavy (non-hydrogen) atoms. The van der Waals surface area contributed by atoms with E-state index in [1.165, 1.54) is 6.07 Å². The van der Waals surface area contributed by atoms with Gasteiger partial charge < -0.3 is 14.8 Å². The van der Waals surface area contributed by atoms with Crippen molar-refractivity contribution in [1.82, 2.24) is 15.2 Å². The molecule has 0 unspecified atom stereocenters. The van der Waals surface area contributed by atoms with Crippen molar-refractivity contribution in [2.45, 2.75) is 38.6 Å². The molecule has 0 spiro atoms. The molecule has 2 heterocycles. The molecule has 0 atom stereocenters. The molecule has 9 nitrogen and oxygen atoms in total. The van der Waals surface area contributed by atoms with Gasteiger partial charge >= 0.3 is 0 Å². The van der Waals surface area contributed by atoms with Crippen LogP contribution in [0.4, 0.5) is 5.69 Å². The summed E-state index contributed by atoms with van der Waals surface area (Å²) < 4.78 is 10.7. The molecule has 200 valence electrons. The highest BCUT2D eigenvalue weighted by Crippen LogP contribution is 2.31. The summed E-state index contributed by atoms with van der Waals surface area (Å²) in [5.74, 6) is 1.40. The van der Waals surface area contributed by atoms with E-state index in [1.54, 1.807) is 26.4 Å². The van der Waals surface area contributed by atoms with Gasteiger partial charge in [0.05, 0.1) is 30.4 Å². The average Bonchev–Trinajstić information content (AvgIpc) is 2.93. The lowest BCUT2D eigenvalue weighted by atomic mass is 9.89. The summed E-state index contributed by atoms with van der Waals surface area (Å²) in [4.78, 5) is 31.0. The minimum atomic E-state index is -0.362. The van der Waals surface area contributed by atoms with Crippen molar-refractivity contribution < 1.29 is 19.2 Å². The molecular formula is C29H34N4O5. The number of nitrogens with one attached hydrogen (secondary N) is 1. The first kappa shape index (κ1) is 27.1. The van der Waals surface area contributed by atoms with Gasteiger partial charge in [-0.3, -0.25) is 24.8 Å². The third kappa shape index (κ3) is 6.66. The fourth-order valence-electron chi connectivity index (χ4n) is 4.92. The van der Waals surface area contributed by atoms with Crippen LogP contribution in [0.15, 0.2) is 54.6 Å². The Bertz CT molecular complexity index is 1290. The molecule has 2 aromatic carbocycles. The number of hydrogen-bond acceptors (Lipinski definition) is 7. The zero-order valence-corrected chi connectivity index (χ0v) is 22.1. The van der Waals surface area contributed by atoms with Crippen LogP contribution in [0, 0.1) is 17.0 Å². The zero-order valence-electron chi connectivity index (χ0n) is 22.1. The molecule has 1 fully saturated rings. The van der Waals surface area contributed by atoms with Crippen LogP contribution in [-0.2, 0) is 13.0 Å². The van der Waals surface area contributed by atoms with E-state index in [0.717, 1.165) is 48.4 Å². The largest absolute Gasteiger partial charge is 0.493 e. The molecule has 1 aliphatic rings. The van der Waals surface area contributed by atoms with E-state index >= 15 is 0 Å². The first-order chi connectivity index (χ1) is 18.4. The van der Waals surface area contributed by atoms with Crippen LogP contribution >= 0.6 is 0 Å². The van der Waals surface area contributed by atoms with Crippen molar-refractivity contribution in [3.8, 4) is 11.5 Å². The second-order valence-corrected chi connectivity index (χ2v) is 9.56. The summed E-state index contributed by atoms with van der Waals surface area (Å²) in [5, 5.41) is 14.1. The molecule has 1 amide bonds. The van der Waals surface area contributed by atoms with Gasteiger partial charge in [-0.25, -0.2) is 0 Å². The van der Waals surface area contributed by atoms with Crippen LogP contribution in [0.1, 0.15) is 51.6 Å². The number of likely N-dealkylation sites (tertiary alicyclic amines) is 1. The predicted molar refractivity (Wildman–Crippen MR) is 145 cm³/mol. The molecule has 3 aromatic rings. The highest BCUT2D eigenvalue weighted by Gasteiger charge is 2.26. The second kappa shape index (κ2) is 12.5. The minimum Gasteiger partial charge on any atom is -0.493 e. The number of nitro benzene ring substituents is 1. The summed E-state index contributed by atoms with van der Waals surface area (Å²) in [6.07, 6.45) is 2.41. The molecule has 0 saturated carbocycles. The number of nitro groups is 1. The maximum atomic E-state index is 13.2. The second-order valence-electron chi connectivity index (χ2n) is 9.56. The van der Waals surface area contributed by atoms with Crippen molar-refractivity contribution in [2.75, 3.05) is 33.9 Å². The molecule has 1 aromatic heterocycles. The third-order valence-corrected chi connectivity index (χ3v) is 6.96. The third-order valence-electron chi connectivity index (χ3n) is 6.96. The lowest BCUT2D eigenvalue weighted by molar-refractivity contribution is -0.384. The Morgan fingerprint density at radius 3 is 2.53 bits per heavy atom. The van der Waals surface area contributed by atoms with Crippen molar-refractivity contribution >= 4 is 11.6 Å². The van der Waals surface area contributed by atoms with Crippen molar-refractivity contribution in [3.63, 3.8) is 0 Å².